The Morgan fingerprint density at radius 3 is 2.12 bits per heavy atom. The summed E-state index contributed by atoms with van der Waals surface area (Å²) in [7, 11) is 1.88. The summed E-state index contributed by atoms with van der Waals surface area (Å²) in [6, 6.07) is 0. The van der Waals surface area contributed by atoms with E-state index < -0.39 is 0 Å². The molecule has 0 heterocycles. The molecule has 0 aromatic rings. The number of nitrogens with zero attached hydrogens (tertiary/aromatic N) is 1. The predicted octanol–water partition coefficient (Wildman–Crippen LogP) is -2.23. The molecule has 0 aliphatic heterocycles. The maximum atomic E-state index is 4.66. The first kappa shape index (κ1) is 12.4. The summed E-state index contributed by atoms with van der Waals surface area (Å²) in [4.78, 5) is 1.84. The molecule has 0 radical (unpaired) electrons. The maximum absolute atomic E-state index is 4.66. The van der Waals surface area contributed by atoms with Crippen LogP contribution in [0.4, 0.5) is 0 Å². The van der Waals surface area contributed by atoms with Crippen molar-refractivity contribution in [3.05, 3.63) is 0 Å². The van der Waals surface area contributed by atoms with Gasteiger partial charge in [0.05, 0.1) is 0 Å². The second kappa shape index (κ2) is 6.86. The van der Waals surface area contributed by atoms with E-state index in [2.05, 4.69) is 24.8 Å². The van der Waals surface area contributed by atoms with E-state index >= 15 is 0 Å². The first-order valence-corrected chi connectivity index (χ1v) is 2.92. The average molecular weight is 173 g/mol. The molecule has 0 aromatic carbocycles. The van der Waals surface area contributed by atoms with E-state index in [-0.39, 0.29) is 51.4 Å². The maximum Gasteiger partial charge on any atom is 1.00 e. The normalized spacial score (nSPS) is 7.25. The quantitative estimate of drug-likeness (QED) is 0.251. The van der Waals surface area contributed by atoms with Crippen LogP contribution in [0.2, 0.25) is 0 Å². The smallest absolute Gasteiger partial charge is 0.411 e. The van der Waals surface area contributed by atoms with E-state index in [1.807, 2.05) is 18.9 Å². The van der Waals surface area contributed by atoms with Crippen LogP contribution in [0.3, 0.4) is 0 Å². The van der Waals surface area contributed by atoms with Crippen molar-refractivity contribution in [2.24, 2.45) is 0 Å². The topological polar surface area (TPSA) is 3.24 Å². The number of hydrogen-bond donors (Lipinski definition) is 0. The van der Waals surface area contributed by atoms with E-state index in [1.54, 1.807) is 0 Å². The molecular formula is C4H8KNS2. The third kappa shape index (κ3) is 5.88. The summed E-state index contributed by atoms with van der Waals surface area (Å²) in [5.41, 5.74) is 0. The third-order valence-corrected chi connectivity index (χ3v) is 1.41. The zero-order chi connectivity index (χ0) is 5.86. The minimum Gasteiger partial charge on any atom is -0.411 e. The van der Waals surface area contributed by atoms with Gasteiger partial charge in [-0.25, -0.2) is 0 Å². The number of thiocarbonyl (C=S) groups is 1. The van der Waals surface area contributed by atoms with Gasteiger partial charge in [-0.15, -0.1) is 0 Å². The summed E-state index contributed by atoms with van der Waals surface area (Å²) in [6.45, 7) is 2.92. The Morgan fingerprint density at radius 1 is 1.75 bits per heavy atom. The van der Waals surface area contributed by atoms with Crippen molar-refractivity contribution in [3.8, 4) is 0 Å². The van der Waals surface area contributed by atoms with Gasteiger partial charge in [-0.05, 0) is 6.92 Å². The largest absolute Gasteiger partial charge is 1.00 e. The molecule has 0 aromatic heterocycles. The molecule has 0 N–H and O–H groups in total. The van der Waals surface area contributed by atoms with Crippen LogP contribution < -0.4 is 51.4 Å². The molecule has 0 aliphatic carbocycles. The monoisotopic (exact) mass is 173 g/mol. The van der Waals surface area contributed by atoms with E-state index in [9.17, 15) is 0 Å². The van der Waals surface area contributed by atoms with Gasteiger partial charge in [-0.1, -0.05) is 4.32 Å². The molecule has 0 saturated heterocycles. The van der Waals surface area contributed by atoms with Crippen molar-refractivity contribution < 1.29 is 51.4 Å². The van der Waals surface area contributed by atoms with Crippen LogP contribution in [-0.2, 0) is 12.6 Å². The Labute approximate surface area is 104 Å². The Kier molecular flexibility index (Phi) is 10.7. The molecule has 0 amide bonds. The zero-order valence-electron chi connectivity index (χ0n) is 5.47. The van der Waals surface area contributed by atoms with Crippen molar-refractivity contribution >= 4 is 29.2 Å². The van der Waals surface area contributed by atoms with Gasteiger partial charge in [-0.3, -0.25) is 0 Å². The second-order valence-corrected chi connectivity index (χ2v) is 2.31. The van der Waals surface area contributed by atoms with Crippen LogP contribution in [0.25, 0.3) is 0 Å². The Balaban J connectivity index is 0. The summed E-state index contributed by atoms with van der Waals surface area (Å²) in [6.07, 6.45) is 0. The van der Waals surface area contributed by atoms with E-state index in [4.69, 9.17) is 0 Å². The molecule has 4 heteroatoms. The second-order valence-electron chi connectivity index (χ2n) is 1.28. The molecule has 0 bridgehead atoms. The van der Waals surface area contributed by atoms with Gasteiger partial charge in [0, 0.05) is 13.6 Å². The number of rotatable bonds is 1. The molecule has 42 valence electrons. The predicted molar refractivity (Wildman–Crippen MR) is 38.3 cm³/mol. The van der Waals surface area contributed by atoms with Crippen LogP contribution in [0, 0.1) is 0 Å². The third-order valence-electron chi connectivity index (χ3n) is 0.786. The van der Waals surface area contributed by atoms with E-state index in [0.29, 0.717) is 4.32 Å². The van der Waals surface area contributed by atoms with Crippen molar-refractivity contribution in [3.63, 3.8) is 0 Å². The molecule has 0 fully saturated rings. The van der Waals surface area contributed by atoms with E-state index in [0.717, 1.165) is 6.54 Å². The average Bonchev–Trinajstić information content (AvgIpc) is 1.65. The van der Waals surface area contributed by atoms with Crippen molar-refractivity contribution in [2.45, 2.75) is 6.92 Å². The molecule has 0 saturated carbocycles. The minimum absolute atomic E-state index is 0. The fourth-order valence-corrected chi connectivity index (χ4v) is 0.387. The van der Waals surface area contributed by atoms with Crippen molar-refractivity contribution in [1.82, 2.24) is 4.90 Å². The molecule has 0 aliphatic rings. The molecule has 0 unspecified atom stereocenters. The minimum atomic E-state index is 0. The SMILES string of the molecule is CCN(C)C(=S)[S-].[K+]. The zero-order valence-corrected chi connectivity index (χ0v) is 10.2. The first-order chi connectivity index (χ1) is 3.18. The number of hydrogen-bond acceptors (Lipinski definition) is 2. The van der Waals surface area contributed by atoms with Crippen LogP contribution in [0.15, 0.2) is 0 Å². The Hall–Kier alpha value is 1.75. The van der Waals surface area contributed by atoms with Gasteiger partial charge in [0.1, 0.15) is 0 Å². The van der Waals surface area contributed by atoms with Crippen LogP contribution in [0.1, 0.15) is 6.92 Å². The summed E-state index contributed by atoms with van der Waals surface area (Å²) < 4.78 is 0.544. The van der Waals surface area contributed by atoms with Gasteiger partial charge in [0.15, 0.2) is 0 Å². The first-order valence-electron chi connectivity index (χ1n) is 2.10. The molecular weight excluding hydrogens is 165 g/mol. The summed E-state index contributed by atoms with van der Waals surface area (Å²) in [5, 5.41) is 0. The van der Waals surface area contributed by atoms with Crippen LogP contribution in [0.5, 0.6) is 0 Å². The van der Waals surface area contributed by atoms with Gasteiger partial charge in [0.25, 0.3) is 0 Å². The van der Waals surface area contributed by atoms with Crippen LogP contribution >= 0.6 is 12.2 Å². The molecule has 0 spiro atoms. The fourth-order valence-electron chi connectivity index (χ4n) is 0.129. The molecule has 1 nitrogen and oxygen atoms in total. The standard InChI is InChI=1S/C4H9NS2.K/c1-3-5(2)4(6)7;/h3H2,1-2H3,(H,6,7);/q;+1/p-1. The van der Waals surface area contributed by atoms with Crippen molar-refractivity contribution in [2.75, 3.05) is 13.6 Å². The molecule has 8 heavy (non-hydrogen) atoms. The van der Waals surface area contributed by atoms with Gasteiger partial charge in [-0.2, -0.15) is 0 Å². The summed E-state index contributed by atoms with van der Waals surface area (Å²) in [5.74, 6) is 0. The van der Waals surface area contributed by atoms with Gasteiger partial charge < -0.3 is 29.7 Å². The summed E-state index contributed by atoms with van der Waals surface area (Å²) >= 11 is 9.32. The molecule has 0 atom stereocenters. The van der Waals surface area contributed by atoms with Gasteiger partial charge >= 0.3 is 51.4 Å². The Morgan fingerprint density at radius 2 is 2.12 bits per heavy atom. The Bertz CT molecular complexity index is 76.4. The molecule has 0 rings (SSSR count). The van der Waals surface area contributed by atoms with Crippen molar-refractivity contribution in [1.29, 1.82) is 0 Å². The fraction of sp³-hybridized carbons (Fsp3) is 0.750. The van der Waals surface area contributed by atoms with Gasteiger partial charge in [0.2, 0.25) is 0 Å². The van der Waals surface area contributed by atoms with E-state index in [1.165, 1.54) is 0 Å². The van der Waals surface area contributed by atoms with Crippen LogP contribution in [-0.4, -0.2) is 22.8 Å².